The molecule has 9 heteroatoms. The van der Waals surface area contributed by atoms with Gasteiger partial charge in [0, 0.05) is 38.3 Å². The molecule has 3 N–H and O–H groups in total. The summed E-state index contributed by atoms with van der Waals surface area (Å²) in [5, 5.41) is 13.9. The molecule has 1 amide bonds. The number of aromatic nitrogens is 1. The minimum atomic E-state index is -0.418. The van der Waals surface area contributed by atoms with Crippen molar-refractivity contribution in [3.05, 3.63) is 24.0 Å². The number of aliphatic hydroxyl groups excluding tert-OH is 1. The Morgan fingerprint density at radius 1 is 0.617 bits per heavy atom. The number of carbonyl (C=O) groups is 3. The molecule has 0 radical (unpaired) electrons. The first-order valence-electron chi connectivity index (χ1n) is 25.4. The average molecular weight is 846 g/mol. The van der Waals surface area contributed by atoms with E-state index in [0.29, 0.717) is 43.8 Å². The van der Waals surface area contributed by atoms with E-state index in [4.69, 9.17) is 9.47 Å². The van der Waals surface area contributed by atoms with Gasteiger partial charge in [0.25, 0.3) is 5.91 Å². The zero-order chi connectivity index (χ0) is 43.9. The molecule has 9 nitrogen and oxygen atoms in total. The van der Waals surface area contributed by atoms with Gasteiger partial charge in [0.2, 0.25) is 0 Å². The number of unbranched alkanes of at least 4 members (excludes halogenated alkanes) is 17. The molecule has 0 aromatic carbocycles. The summed E-state index contributed by atoms with van der Waals surface area (Å²) < 4.78 is 11.8. The quantitative estimate of drug-likeness (QED) is 0.0442. The molecule has 3 atom stereocenters. The number of H-pyrrole nitrogens is 1. The highest BCUT2D eigenvalue weighted by atomic mass is 16.5. The van der Waals surface area contributed by atoms with Gasteiger partial charge in [-0.05, 0) is 115 Å². The van der Waals surface area contributed by atoms with Crippen molar-refractivity contribution in [2.45, 2.75) is 252 Å². The van der Waals surface area contributed by atoms with Gasteiger partial charge in [0.05, 0.1) is 17.8 Å². The van der Waals surface area contributed by atoms with Crippen molar-refractivity contribution in [2.75, 3.05) is 26.2 Å². The van der Waals surface area contributed by atoms with E-state index in [0.717, 1.165) is 116 Å². The molecular weight excluding hydrogens is 751 g/mol. The van der Waals surface area contributed by atoms with Crippen LogP contribution in [0.5, 0.6) is 0 Å². The van der Waals surface area contributed by atoms with E-state index in [1.54, 1.807) is 18.5 Å². The summed E-state index contributed by atoms with van der Waals surface area (Å²) in [4.78, 5) is 42.8. The normalized spacial score (nSPS) is 13.1. The van der Waals surface area contributed by atoms with Crippen LogP contribution in [-0.2, 0) is 19.1 Å². The van der Waals surface area contributed by atoms with Crippen LogP contribution in [0.1, 0.15) is 244 Å². The Morgan fingerprint density at radius 3 is 1.73 bits per heavy atom. The average Bonchev–Trinajstić information content (AvgIpc) is 3.77. The Balaban J connectivity index is 2.45. The lowest BCUT2D eigenvalue weighted by atomic mass is 9.99. The van der Waals surface area contributed by atoms with Crippen molar-refractivity contribution < 1.29 is 29.0 Å². The molecule has 0 fully saturated rings. The highest BCUT2D eigenvalue weighted by molar-refractivity contribution is 5.93. The van der Waals surface area contributed by atoms with Gasteiger partial charge >= 0.3 is 11.9 Å². The molecule has 0 aliphatic carbocycles. The molecule has 1 heterocycles. The summed E-state index contributed by atoms with van der Waals surface area (Å²) in [5.41, 5.74) is 0.633. The van der Waals surface area contributed by atoms with Crippen molar-refractivity contribution in [3.63, 3.8) is 0 Å². The van der Waals surface area contributed by atoms with Crippen LogP contribution in [0.25, 0.3) is 0 Å². The number of aliphatic hydroxyl groups is 1. The topological polar surface area (TPSA) is 121 Å². The molecule has 0 saturated heterocycles. The molecule has 0 spiro atoms. The Morgan fingerprint density at radius 2 is 1.15 bits per heavy atom. The van der Waals surface area contributed by atoms with E-state index in [-0.39, 0.29) is 30.1 Å². The summed E-state index contributed by atoms with van der Waals surface area (Å²) in [5.74, 6) is 0.499. The van der Waals surface area contributed by atoms with E-state index in [2.05, 4.69) is 42.9 Å². The maximum Gasteiger partial charge on any atom is 0.306 e. The Labute approximate surface area is 369 Å². The molecule has 350 valence electrons. The standard InChI is InChI=1S/C51H95N3O6/c1-6-9-11-13-16-21-31-48(32-22-17-14-12-10-7-2)60-50(57)34-23-18-15-19-27-40-54(43-47(55)30-25-26-38-53-51(58)46-37-39-52-42-46)41-28-20-24-33-49(56)59-45(5)36-35-44(4)29-8-3/h37,39,42,44-45,47-48,52,55H,6-36,38,40-41,43H2,1-5H3,(H,53,58). The van der Waals surface area contributed by atoms with E-state index in [1.165, 1.54) is 77.0 Å². The highest BCUT2D eigenvalue weighted by Gasteiger charge is 2.16. The lowest BCUT2D eigenvalue weighted by Gasteiger charge is -2.25. The van der Waals surface area contributed by atoms with E-state index < -0.39 is 6.10 Å². The van der Waals surface area contributed by atoms with Gasteiger partial charge in [-0.2, -0.15) is 0 Å². The van der Waals surface area contributed by atoms with Gasteiger partial charge in [-0.25, -0.2) is 0 Å². The second-order valence-electron chi connectivity index (χ2n) is 18.1. The van der Waals surface area contributed by atoms with Crippen LogP contribution >= 0.6 is 0 Å². The molecule has 1 aromatic rings. The molecule has 0 aliphatic heterocycles. The van der Waals surface area contributed by atoms with Crippen LogP contribution < -0.4 is 5.32 Å². The van der Waals surface area contributed by atoms with Crippen LogP contribution in [0, 0.1) is 5.92 Å². The first-order valence-corrected chi connectivity index (χ1v) is 25.4. The summed E-state index contributed by atoms with van der Waals surface area (Å²) in [7, 11) is 0. The highest BCUT2D eigenvalue weighted by Crippen LogP contribution is 2.19. The van der Waals surface area contributed by atoms with E-state index >= 15 is 0 Å². The first-order chi connectivity index (χ1) is 29.2. The molecule has 0 bridgehead atoms. The third-order valence-electron chi connectivity index (χ3n) is 12.0. The van der Waals surface area contributed by atoms with Crippen LogP contribution in [0.4, 0.5) is 0 Å². The molecule has 0 aliphatic rings. The predicted octanol–water partition coefficient (Wildman–Crippen LogP) is 13.0. The molecule has 1 aromatic heterocycles. The molecule has 60 heavy (non-hydrogen) atoms. The number of hydrogen-bond donors (Lipinski definition) is 3. The number of carbonyl (C=O) groups excluding carboxylic acids is 3. The van der Waals surface area contributed by atoms with Crippen LogP contribution in [-0.4, -0.2) is 77.3 Å². The van der Waals surface area contributed by atoms with Gasteiger partial charge in [-0.1, -0.05) is 130 Å². The van der Waals surface area contributed by atoms with Gasteiger partial charge in [0.15, 0.2) is 0 Å². The fraction of sp³-hybridized carbons (Fsp3) is 0.863. The Hall–Kier alpha value is -2.39. The zero-order valence-corrected chi connectivity index (χ0v) is 39.7. The smallest absolute Gasteiger partial charge is 0.306 e. The zero-order valence-electron chi connectivity index (χ0n) is 39.7. The van der Waals surface area contributed by atoms with Crippen molar-refractivity contribution in [1.82, 2.24) is 15.2 Å². The van der Waals surface area contributed by atoms with E-state index in [1.807, 2.05) is 6.92 Å². The predicted molar refractivity (Wildman–Crippen MR) is 250 cm³/mol. The molecule has 0 saturated carbocycles. The summed E-state index contributed by atoms with van der Waals surface area (Å²) >= 11 is 0. The number of aromatic amines is 1. The van der Waals surface area contributed by atoms with Crippen molar-refractivity contribution in [3.8, 4) is 0 Å². The minimum Gasteiger partial charge on any atom is -0.463 e. The van der Waals surface area contributed by atoms with Gasteiger partial charge in [-0.3, -0.25) is 14.4 Å². The maximum atomic E-state index is 12.9. The fourth-order valence-corrected chi connectivity index (χ4v) is 8.18. The van der Waals surface area contributed by atoms with Crippen molar-refractivity contribution in [2.24, 2.45) is 5.92 Å². The monoisotopic (exact) mass is 846 g/mol. The molecule has 1 rings (SSSR count). The third-order valence-corrected chi connectivity index (χ3v) is 12.0. The number of hydrogen-bond acceptors (Lipinski definition) is 7. The fourth-order valence-electron chi connectivity index (χ4n) is 8.18. The number of ether oxygens (including phenoxy) is 2. The summed E-state index contributed by atoms with van der Waals surface area (Å²) in [6.45, 7) is 14.1. The van der Waals surface area contributed by atoms with Crippen molar-refractivity contribution in [1.29, 1.82) is 0 Å². The lowest BCUT2D eigenvalue weighted by molar-refractivity contribution is -0.150. The SMILES string of the molecule is CCCCCCCCC(CCCCCCCC)OC(=O)CCCCCCCN(CCCCCC(=O)OC(C)CCC(C)CCC)CC(O)CCCCNC(=O)c1cc[nH]c1. The second-order valence-corrected chi connectivity index (χ2v) is 18.1. The number of nitrogens with one attached hydrogen (secondary N) is 2. The largest absolute Gasteiger partial charge is 0.463 e. The third kappa shape index (κ3) is 33.3. The van der Waals surface area contributed by atoms with Gasteiger partial charge in [-0.15, -0.1) is 0 Å². The van der Waals surface area contributed by atoms with Crippen LogP contribution in [0.3, 0.4) is 0 Å². The number of esters is 2. The second kappa shape index (κ2) is 39.5. The minimum absolute atomic E-state index is 0.0139. The van der Waals surface area contributed by atoms with Crippen LogP contribution in [0.15, 0.2) is 18.5 Å². The Bertz CT molecular complexity index is 1110. The number of nitrogens with zero attached hydrogens (tertiary/aromatic N) is 1. The van der Waals surface area contributed by atoms with Gasteiger partial charge < -0.3 is 29.8 Å². The van der Waals surface area contributed by atoms with Crippen molar-refractivity contribution >= 4 is 17.8 Å². The summed E-state index contributed by atoms with van der Waals surface area (Å²) in [6, 6.07) is 1.76. The van der Waals surface area contributed by atoms with Crippen LogP contribution in [0.2, 0.25) is 0 Å². The lowest BCUT2D eigenvalue weighted by Crippen LogP contribution is -2.34. The van der Waals surface area contributed by atoms with E-state index in [9.17, 15) is 19.5 Å². The van der Waals surface area contributed by atoms with Gasteiger partial charge in [0.1, 0.15) is 6.10 Å². The summed E-state index contributed by atoms with van der Waals surface area (Å²) in [6.07, 6.45) is 36.0. The molecular formula is C51H95N3O6. The number of rotatable bonds is 43. The maximum absolute atomic E-state index is 12.9. The number of amides is 1. The first kappa shape index (κ1) is 55.6. The Kier molecular flexibility index (Phi) is 36.6. The molecule has 3 unspecified atom stereocenters.